The predicted molar refractivity (Wildman–Crippen MR) is 112 cm³/mol. The number of hydrogen-bond donors (Lipinski definition) is 2. The van der Waals surface area contributed by atoms with Crippen molar-refractivity contribution in [2.75, 3.05) is 6.61 Å². The zero-order valence-electron chi connectivity index (χ0n) is 15.7. The van der Waals surface area contributed by atoms with Crippen LogP contribution in [-0.2, 0) is 4.79 Å². The van der Waals surface area contributed by atoms with Crippen molar-refractivity contribution in [3.8, 4) is 28.5 Å². The van der Waals surface area contributed by atoms with Crippen LogP contribution in [0.25, 0.3) is 33.7 Å². The van der Waals surface area contributed by atoms with Gasteiger partial charge in [-0.3, -0.25) is 9.78 Å². The SMILES string of the molecule is O=C(O)C1CC1COc1ccc(-c2ccc(-c3nc4ccc(Cl)cc4[nH]3)cn2)cn1. The second-order valence-electron chi connectivity index (χ2n) is 7.32. The van der Waals surface area contributed by atoms with Gasteiger partial charge in [-0.1, -0.05) is 11.6 Å². The topological polar surface area (TPSA) is 101 Å². The van der Waals surface area contributed by atoms with E-state index in [-0.39, 0.29) is 11.8 Å². The van der Waals surface area contributed by atoms with E-state index >= 15 is 0 Å². The number of fused-ring (bicyclic) bond motifs is 1. The molecule has 2 atom stereocenters. The molecule has 0 saturated heterocycles. The summed E-state index contributed by atoms with van der Waals surface area (Å²) in [5.41, 5.74) is 4.24. The lowest BCUT2D eigenvalue weighted by molar-refractivity contribution is -0.138. The number of carbonyl (C=O) groups is 1. The van der Waals surface area contributed by atoms with Crippen molar-refractivity contribution < 1.29 is 14.6 Å². The van der Waals surface area contributed by atoms with Gasteiger partial charge in [-0.2, -0.15) is 0 Å². The Balaban J connectivity index is 1.27. The Morgan fingerprint density at radius 1 is 1.13 bits per heavy atom. The maximum absolute atomic E-state index is 10.9. The number of nitrogens with one attached hydrogen (secondary N) is 1. The number of pyridine rings is 2. The maximum Gasteiger partial charge on any atom is 0.306 e. The Morgan fingerprint density at radius 3 is 2.67 bits per heavy atom. The molecule has 150 valence electrons. The van der Waals surface area contributed by atoms with Gasteiger partial charge in [0.2, 0.25) is 5.88 Å². The summed E-state index contributed by atoms with van der Waals surface area (Å²) in [6, 6.07) is 13.0. The van der Waals surface area contributed by atoms with Crippen LogP contribution in [0.15, 0.2) is 54.9 Å². The fraction of sp³-hybridized carbons (Fsp3) is 0.182. The number of benzene rings is 1. The molecule has 8 heteroatoms. The summed E-state index contributed by atoms with van der Waals surface area (Å²) in [5.74, 6) is 0.247. The molecule has 0 radical (unpaired) electrons. The molecule has 1 aromatic carbocycles. The quantitative estimate of drug-likeness (QED) is 0.478. The average Bonchev–Trinajstić information content (AvgIpc) is 3.43. The minimum Gasteiger partial charge on any atom is -0.481 e. The molecule has 0 amide bonds. The number of carboxylic acid groups (broad SMARTS) is 1. The van der Waals surface area contributed by atoms with Gasteiger partial charge >= 0.3 is 5.97 Å². The van der Waals surface area contributed by atoms with E-state index in [9.17, 15) is 4.79 Å². The molecule has 4 aromatic rings. The van der Waals surface area contributed by atoms with Crippen LogP contribution >= 0.6 is 11.6 Å². The number of rotatable bonds is 6. The summed E-state index contributed by atoms with van der Waals surface area (Å²) in [4.78, 5) is 27.5. The van der Waals surface area contributed by atoms with Crippen LogP contribution in [0.2, 0.25) is 5.02 Å². The molecule has 0 bridgehead atoms. The molecule has 30 heavy (non-hydrogen) atoms. The summed E-state index contributed by atoms with van der Waals surface area (Å²) < 4.78 is 5.60. The van der Waals surface area contributed by atoms with Crippen LogP contribution in [-0.4, -0.2) is 37.6 Å². The first-order valence-corrected chi connectivity index (χ1v) is 9.88. The minimum absolute atomic E-state index is 0.0764. The third-order valence-electron chi connectivity index (χ3n) is 5.20. The number of H-pyrrole nitrogens is 1. The number of ether oxygens (including phenoxy) is 1. The smallest absolute Gasteiger partial charge is 0.306 e. The molecule has 3 heterocycles. The zero-order chi connectivity index (χ0) is 20.7. The monoisotopic (exact) mass is 420 g/mol. The molecule has 1 aliphatic rings. The molecule has 1 fully saturated rings. The number of imidazole rings is 1. The van der Waals surface area contributed by atoms with Crippen molar-refractivity contribution in [3.63, 3.8) is 0 Å². The van der Waals surface area contributed by atoms with Crippen LogP contribution in [0, 0.1) is 11.8 Å². The molecular weight excluding hydrogens is 404 g/mol. The largest absolute Gasteiger partial charge is 0.481 e. The fourth-order valence-electron chi connectivity index (χ4n) is 3.37. The number of aromatic amines is 1. The number of aromatic nitrogens is 4. The van der Waals surface area contributed by atoms with Gasteiger partial charge in [0.1, 0.15) is 5.82 Å². The highest BCUT2D eigenvalue weighted by Crippen LogP contribution is 2.38. The lowest BCUT2D eigenvalue weighted by atomic mass is 10.1. The number of hydrogen-bond acceptors (Lipinski definition) is 5. The lowest BCUT2D eigenvalue weighted by Crippen LogP contribution is -2.06. The van der Waals surface area contributed by atoms with Crippen LogP contribution in [0.4, 0.5) is 0 Å². The number of carboxylic acids is 1. The van der Waals surface area contributed by atoms with Crippen LogP contribution in [0.1, 0.15) is 6.42 Å². The van der Waals surface area contributed by atoms with Crippen LogP contribution < -0.4 is 4.74 Å². The summed E-state index contributed by atoms with van der Waals surface area (Å²) >= 11 is 6.03. The van der Waals surface area contributed by atoms with Gasteiger partial charge in [0.05, 0.1) is 29.3 Å². The van der Waals surface area contributed by atoms with E-state index in [2.05, 4.69) is 19.9 Å². The third kappa shape index (κ3) is 3.71. The van der Waals surface area contributed by atoms with Gasteiger partial charge < -0.3 is 14.8 Å². The van der Waals surface area contributed by atoms with Crippen molar-refractivity contribution in [2.24, 2.45) is 11.8 Å². The second kappa shape index (κ2) is 7.42. The van der Waals surface area contributed by atoms with E-state index in [1.807, 2.05) is 36.4 Å². The van der Waals surface area contributed by atoms with Gasteiger partial charge in [0, 0.05) is 40.5 Å². The Kier molecular flexibility index (Phi) is 4.59. The number of nitrogens with zero attached hydrogens (tertiary/aromatic N) is 3. The normalized spacial score (nSPS) is 17.8. The minimum atomic E-state index is -0.757. The van der Waals surface area contributed by atoms with Gasteiger partial charge in [-0.15, -0.1) is 0 Å². The lowest BCUT2D eigenvalue weighted by Gasteiger charge is -2.06. The Labute approximate surface area is 176 Å². The molecule has 7 nitrogen and oxygen atoms in total. The molecule has 1 saturated carbocycles. The van der Waals surface area contributed by atoms with Crippen molar-refractivity contribution in [1.29, 1.82) is 0 Å². The maximum atomic E-state index is 10.9. The first kappa shape index (κ1) is 18.6. The van der Waals surface area contributed by atoms with Crippen LogP contribution in [0.5, 0.6) is 5.88 Å². The molecule has 3 aromatic heterocycles. The van der Waals surface area contributed by atoms with Crippen molar-refractivity contribution >= 4 is 28.6 Å². The third-order valence-corrected chi connectivity index (χ3v) is 5.43. The zero-order valence-corrected chi connectivity index (χ0v) is 16.5. The molecule has 5 rings (SSSR count). The highest BCUT2D eigenvalue weighted by molar-refractivity contribution is 6.31. The van der Waals surface area contributed by atoms with Crippen molar-refractivity contribution in [2.45, 2.75) is 6.42 Å². The Hall–Kier alpha value is -3.45. The van der Waals surface area contributed by atoms with Crippen molar-refractivity contribution in [1.82, 2.24) is 19.9 Å². The first-order valence-electron chi connectivity index (χ1n) is 9.50. The highest BCUT2D eigenvalue weighted by atomic mass is 35.5. The molecule has 2 N–H and O–H groups in total. The van der Waals surface area contributed by atoms with Gasteiger partial charge in [-0.05, 0) is 42.8 Å². The van der Waals surface area contributed by atoms with E-state index in [0.717, 1.165) is 33.7 Å². The summed E-state index contributed by atoms with van der Waals surface area (Å²) in [7, 11) is 0. The molecule has 1 aliphatic carbocycles. The molecule has 0 spiro atoms. The molecule has 0 aliphatic heterocycles. The number of halogens is 1. The van der Waals surface area contributed by atoms with E-state index in [4.69, 9.17) is 21.4 Å². The molecule has 2 unspecified atom stereocenters. The Morgan fingerprint density at radius 2 is 1.97 bits per heavy atom. The van der Waals surface area contributed by atoms with Gasteiger partial charge in [0.15, 0.2) is 0 Å². The average molecular weight is 421 g/mol. The van der Waals surface area contributed by atoms with E-state index in [1.54, 1.807) is 18.5 Å². The van der Waals surface area contributed by atoms with E-state index in [0.29, 0.717) is 23.9 Å². The first-order chi connectivity index (χ1) is 14.6. The summed E-state index contributed by atoms with van der Waals surface area (Å²) in [5, 5.41) is 9.59. The summed E-state index contributed by atoms with van der Waals surface area (Å²) in [6.45, 7) is 0.374. The summed E-state index contributed by atoms with van der Waals surface area (Å²) in [6.07, 6.45) is 4.13. The van der Waals surface area contributed by atoms with Crippen LogP contribution in [0.3, 0.4) is 0 Å². The van der Waals surface area contributed by atoms with Gasteiger partial charge in [0.25, 0.3) is 0 Å². The number of aliphatic carboxylic acids is 1. The second-order valence-corrected chi connectivity index (χ2v) is 7.75. The van der Waals surface area contributed by atoms with E-state index in [1.165, 1.54) is 0 Å². The molecular formula is C22H17ClN4O3. The Bertz CT molecular complexity index is 1220. The van der Waals surface area contributed by atoms with Crippen molar-refractivity contribution in [3.05, 3.63) is 59.9 Å². The standard InChI is InChI=1S/C22H17ClN4O3/c23-15-3-5-18-19(8-15)27-21(26-18)13-1-4-17(24-10-13)12-2-6-20(25-9-12)30-11-14-7-16(14)22(28)29/h1-6,8-10,14,16H,7,11H2,(H,26,27)(H,28,29). The fourth-order valence-corrected chi connectivity index (χ4v) is 3.54. The predicted octanol–water partition coefficient (Wildman–Crippen LogP) is 4.44. The highest BCUT2D eigenvalue weighted by Gasteiger charge is 2.43. The van der Waals surface area contributed by atoms with E-state index < -0.39 is 5.97 Å². The van der Waals surface area contributed by atoms with Gasteiger partial charge in [-0.25, -0.2) is 9.97 Å².